The first kappa shape index (κ1) is 20.0. The molecule has 4 nitrogen and oxygen atoms in total. The number of piperidine rings is 1. The van der Waals surface area contributed by atoms with Gasteiger partial charge in [0.05, 0.1) is 6.54 Å². The van der Waals surface area contributed by atoms with Crippen LogP contribution >= 0.6 is 24.0 Å². The molecule has 2 unspecified atom stereocenters. The molecule has 5 heteroatoms. The summed E-state index contributed by atoms with van der Waals surface area (Å²) in [5, 5.41) is 3.19. The average Bonchev–Trinajstić information content (AvgIpc) is 2.35. The van der Waals surface area contributed by atoms with Crippen molar-refractivity contribution in [3.63, 3.8) is 0 Å². The molecule has 0 saturated carbocycles. The van der Waals surface area contributed by atoms with Crippen LogP contribution < -0.4 is 11.1 Å². The van der Waals surface area contributed by atoms with E-state index in [1.54, 1.807) is 0 Å². The van der Waals surface area contributed by atoms with Crippen molar-refractivity contribution in [1.29, 1.82) is 0 Å². The van der Waals surface area contributed by atoms with Crippen LogP contribution in [0.1, 0.15) is 47.0 Å². The molecule has 1 rings (SSSR count). The van der Waals surface area contributed by atoms with E-state index in [1.807, 2.05) is 0 Å². The number of rotatable bonds is 6. The van der Waals surface area contributed by atoms with Gasteiger partial charge in [-0.3, -0.25) is 9.89 Å². The maximum atomic E-state index is 5.89. The van der Waals surface area contributed by atoms with Gasteiger partial charge in [0.25, 0.3) is 0 Å². The Morgan fingerprint density at radius 2 is 2.10 bits per heavy atom. The molecule has 1 aliphatic rings. The highest BCUT2D eigenvalue weighted by molar-refractivity contribution is 14.0. The van der Waals surface area contributed by atoms with Crippen LogP contribution in [0.25, 0.3) is 0 Å². The number of guanidine groups is 1. The highest BCUT2D eigenvalue weighted by Crippen LogP contribution is 2.17. The summed E-state index contributed by atoms with van der Waals surface area (Å²) < 4.78 is 0. The first-order chi connectivity index (χ1) is 8.99. The van der Waals surface area contributed by atoms with E-state index in [9.17, 15) is 0 Å². The largest absolute Gasteiger partial charge is 0.370 e. The summed E-state index contributed by atoms with van der Waals surface area (Å²) in [5.74, 6) is 2.12. The van der Waals surface area contributed by atoms with Gasteiger partial charge in [-0.15, -0.1) is 24.0 Å². The van der Waals surface area contributed by atoms with Gasteiger partial charge >= 0.3 is 0 Å². The van der Waals surface area contributed by atoms with E-state index < -0.39 is 0 Å². The number of nitrogens with one attached hydrogen (secondary N) is 1. The maximum absolute atomic E-state index is 5.89. The number of likely N-dealkylation sites (tertiary alicyclic amines) is 1. The van der Waals surface area contributed by atoms with Gasteiger partial charge < -0.3 is 11.1 Å². The Morgan fingerprint density at radius 1 is 1.40 bits per heavy atom. The Hall–Kier alpha value is -0.0400. The minimum Gasteiger partial charge on any atom is -0.370 e. The van der Waals surface area contributed by atoms with Gasteiger partial charge in [0, 0.05) is 19.1 Å². The van der Waals surface area contributed by atoms with Crippen molar-refractivity contribution in [2.45, 2.75) is 53.0 Å². The topological polar surface area (TPSA) is 53.6 Å². The molecule has 0 aromatic heterocycles. The second-order valence-corrected chi connectivity index (χ2v) is 6.43. The predicted octanol–water partition coefficient (Wildman–Crippen LogP) is 2.68. The Balaban J connectivity index is 0.00000361. The quantitative estimate of drug-likeness (QED) is 0.412. The number of halogens is 1. The molecule has 0 radical (unpaired) electrons. The van der Waals surface area contributed by atoms with E-state index in [0.29, 0.717) is 17.9 Å². The fourth-order valence-corrected chi connectivity index (χ4v) is 2.52. The molecule has 1 saturated heterocycles. The number of hydrogen-bond donors (Lipinski definition) is 2. The van der Waals surface area contributed by atoms with Crippen molar-refractivity contribution in [3.8, 4) is 0 Å². The average molecular weight is 396 g/mol. The predicted molar refractivity (Wildman–Crippen MR) is 98.8 cm³/mol. The molecule has 20 heavy (non-hydrogen) atoms. The minimum atomic E-state index is 0. The highest BCUT2D eigenvalue weighted by atomic mass is 127. The van der Waals surface area contributed by atoms with Crippen LogP contribution in [0, 0.1) is 11.8 Å². The third-order valence-electron chi connectivity index (χ3n) is 3.87. The van der Waals surface area contributed by atoms with Crippen LogP contribution in [0.3, 0.4) is 0 Å². The third-order valence-corrected chi connectivity index (χ3v) is 3.87. The third kappa shape index (κ3) is 8.29. The van der Waals surface area contributed by atoms with E-state index >= 15 is 0 Å². The van der Waals surface area contributed by atoms with Crippen LogP contribution in [-0.2, 0) is 0 Å². The highest BCUT2D eigenvalue weighted by Gasteiger charge is 2.20. The van der Waals surface area contributed by atoms with Gasteiger partial charge in [0.15, 0.2) is 5.96 Å². The molecule has 1 aliphatic heterocycles. The summed E-state index contributed by atoms with van der Waals surface area (Å²) in [6, 6.07) is 0.494. The molecular weight excluding hydrogens is 363 g/mol. The lowest BCUT2D eigenvalue weighted by atomic mass is 9.99. The molecular formula is C15H33IN4. The zero-order chi connectivity index (χ0) is 14.3. The number of nitrogens with two attached hydrogens (primary N) is 1. The van der Waals surface area contributed by atoms with E-state index in [0.717, 1.165) is 25.4 Å². The first-order valence-electron chi connectivity index (χ1n) is 7.77. The van der Waals surface area contributed by atoms with Gasteiger partial charge in [-0.05, 0) is 44.6 Å². The van der Waals surface area contributed by atoms with Crippen molar-refractivity contribution in [2.75, 3.05) is 26.2 Å². The maximum Gasteiger partial charge on any atom is 0.188 e. The Labute approximate surface area is 142 Å². The number of hydrogen-bond acceptors (Lipinski definition) is 2. The minimum absolute atomic E-state index is 0. The molecule has 2 atom stereocenters. The van der Waals surface area contributed by atoms with Crippen LogP contribution in [0.4, 0.5) is 0 Å². The van der Waals surface area contributed by atoms with Crippen molar-refractivity contribution < 1.29 is 0 Å². The lowest BCUT2D eigenvalue weighted by Crippen LogP contribution is -2.43. The fourth-order valence-electron chi connectivity index (χ4n) is 2.52. The summed E-state index contributed by atoms with van der Waals surface area (Å²) >= 11 is 0. The van der Waals surface area contributed by atoms with Gasteiger partial charge in [-0.25, -0.2) is 0 Å². The molecule has 0 aromatic rings. The lowest BCUT2D eigenvalue weighted by Gasteiger charge is -2.34. The molecule has 0 amide bonds. The molecule has 0 aromatic carbocycles. The monoisotopic (exact) mass is 396 g/mol. The van der Waals surface area contributed by atoms with E-state index in [-0.39, 0.29) is 24.0 Å². The fraction of sp³-hybridized carbons (Fsp3) is 0.933. The standard InChI is InChI=1S/C15H32N4.HI/c1-12(2)7-8-17-15(16)18-10-14(4)19-9-5-6-13(3)11-19;/h12-14H,5-11H2,1-4H3,(H3,16,17,18);1H. The van der Waals surface area contributed by atoms with Crippen molar-refractivity contribution in [3.05, 3.63) is 0 Å². The summed E-state index contributed by atoms with van der Waals surface area (Å²) in [7, 11) is 0. The Kier molecular flexibility index (Phi) is 10.6. The van der Waals surface area contributed by atoms with Crippen LogP contribution in [0.2, 0.25) is 0 Å². The molecule has 120 valence electrons. The van der Waals surface area contributed by atoms with Gasteiger partial charge in [0.1, 0.15) is 0 Å². The molecule has 0 spiro atoms. The van der Waals surface area contributed by atoms with Gasteiger partial charge in [-0.1, -0.05) is 20.8 Å². The first-order valence-corrected chi connectivity index (χ1v) is 7.77. The van der Waals surface area contributed by atoms with Crippen LogP contribution in [0.15, 0.2) is 4.99 Å². The molecule has 3 N–H and O–H groups in total. The van der Waals surface area contributed by atoms with Crippen molar-refractivity contribution in [1.82, 2.24) is 10.2 Å². The van der Waals surface area contributed by atoms with E-state index in [4.69, 9.17) is 5.73 Å². The van der Waals surface area contributed by atoms with Crippen molar-refractivity contribution >= 4 is 29.9 Å². The zero-order valence-corrected chi connectivity index (χ0v) is 15.9. The molecule has 0 aliphatic carbocycles. The molecule has 1 heterocycles. The normalized spacial score (nSPS) is 22.4. The zero-order valence-electron chi connectivity index (χ0n) is 13.6. The SMILES string of the molecule is CC(C)CCNC(N)=NCC(C)N1CCCC(C)C1.I. The Bertz CT molecular complexity index is 281. The van der Waals surface area contributed by atoms with Crippen LogP contribution in [0.5, 0.6) is 0 Å². The Morgan fingerprint density at radius 3 is 2.70 bits per heavy atom. The van der Waals surface area contributed by atoms with Gasteiger partial charge in [-0.2, -0.15) is 0 Å². The summed E-state index contributed by atoms with van der Waals surface area (Å²) in [5.41, 5.74) is 5.89. The number of nitrogens with zero attached hydrogens (tertiary/aromatic N) is 2. The molecule has 1 fully saturated rings. The second kappa shape index (κ2) is 10.7. The lowest BCUT2D eigenvalue weighted by molar-refractivity contribution is 0.142. The van der Waals surface area contributed by atoms with E-state index in [2.05, 4.69) is 42.9 Å². The summed E-state index contributed by atoms with van der Waals surface area (Å²) in [6.07, 6.45) is 3.82. The number of aliphatic imine (C=N–C) groups is 1. The van der Waals surface area contributed by atoms with Crippen molar-refractivity contribution in [2.24, 2.45) is 22.6 Å². The molecule has 0 bridgehead atoms. The summed E-state index contributed by atoms with van der Waals surface area (Å²) in [4.78, 5) is 7.00. The van der Waals surface area contributed by atoms with E-state index in [1.165, 1.54) is 25.9 Å². The van der Waals surface area contributed by atoms with Gasteiger partial charge in [0.2, 0.25) is 0 Å². The smallest absolute Gasteiger partial charge is 0.188 e. The summed E-state index contributed by atoms with van der Waals surface area (Å²) in [6.45, 7) is 13.2. The second-order valence-electron chi connectivity index (χ2n) is 6.43. The van der Waals surface area contributed by atoms with Crippen LogP contribution in [-0.4, -0.2) is 43.1 Å².